The van der Waals surface area contributed by atoms with E-state index in [2.05, 4.69) is 4.90 Å². The Morgan fingerprint density at radius 1 is 1.18 bits per heavy atom. The Bertz CT molecular complexity index is 196. The van der Waals surface area contributed by atoms with Crippen molar-refractivity contribution in [2.45, 2.75) is 32.1 Å². The first-order valence-electron chi connectivity index (χ1n) is 6.88. The lowest BCUT2D eigenvalue weighted by molar-refractivity contribution is 0.0308. The third kappa shape index (κ3) is 5.12. The summed E-state index contributed by atoms with van der Waals surface area (Å²) in [6, 6.07) is 0. The fourth-order valence-electron chi connectivity index (χ4n) is 3.10. The molecule has 102 valence electrons. The summed E-state index contributed by atoms with van der Waals surface area (Å²) in [7, 11) is 0. The van der Waals surface area contributed by atoms with Crippen LogP contribution in [-0.4, -0.2) is 44.3 Å². The molecule has 2 fully saturated rings. The monoisotopic (exact) mass is 262 g/mol. The molecule has 0 saturated carbocycles. The molecule has 0 aromatic carbocycles. The maximum Gasteiger partial charge on any atom is 0.0506 e. The van der Waals surface area contributed by atoms with Crippen LogP contribution in [-0.2, 0) is 4.74 Å². The van der Waals surface area contributed by atoms with Gasteiger partial charge in [0.25, 0.3) is 0 Å². The molecule has 0 aromatic rings. The molecule has 2 unspecified atom stereocenters. The number of ether oxygens (including phenoxy) is 1. The number of hydrogen-bond donors (Lipinski definition) is 1. The summed E-state index contributed by atoms with van der Waals surface area (Å²) in [5, 5.41) is 0. The highest BCUT2D eigenvalue weighted by Gasteiger charge is 2.23. The van der Waals surface area contributed by atoms with Gasteiger partial charge in [-0.15, -0.1) is 12.4 Å². The maximum absolute atomic E-state index is 5.65. The first kappa shape index (κ1) is 15.2. The molecule has 2 saturated heterocycles. The lowest BCUT2D eigenvalue weighted by atomic mass is 9.93. The molecule has 2 N–H and O–H groups in total. The number of rotatable bonds is 4. The van der Waals surface area contributed by atoms with E-state index in [4.69, 9.17) is 10.5 Å². The molecule has 0 radical (unpaired) electrons. The number of likely N-dealkylation sites (tertiary alicyclic amines) is 1. The Morgan fingerprint density at radius 2 is 2.00 bits per heavy atom. The zero-order chi connectivity index (χ0) is 11.2. The minimum Gasteiger partial charge on any atom is -0.381 e. The molecule has 17 heavy (non-hydrogen) atoms. The Hall–Kier alpha value is 0.170. The van der Waals surface area contributed by atoms with Crippen LogP contribution in [0.15, 0.2) is 0 Å². The average molecular weight is 263 g/mol. The zero-order valence-corrected chi connectivity index (χ0v) is 11.6. The normalized spacial score (nSPS) is 30.9. The standard InChI is InChI=1S/C13H26N2O.ClH/c14-6-5-12-3-1-7-15(9-12)10-13-4-2-8-16-11-13;/h12-13H,1-11,14H2;1H. The highest BCUT2D eigenvalue weighted by atomic mass is 35.5. The van der Waals surface area contributed by atoms with Crippen molar-refractivity contribution in [3.05, 3.63) is 0 Å². The van der Waals surface area contributed by atoms with Crippen molar-refractivity contribution < 1.29 is 4.74 Å². The van der Waals surface area contributed by atoms with Crippen LogP contribution >= 0.6 is 12.4 Å². The Kier molecular flexibility index (Phi) is 7.44. The van der Waals surface area contributed by atoms with Gasteiger partial charge in [0.1, 0.15) is 0 Å². The lowest BCUT2D eigenvalue weighted by Gasteiger charge is -2.35. The second-order valence-electron chi connectivity index (χ2n) is 5.43. The van der Waals surface area contributed by atoms with Crippen LogP contribution < -0.4 is 5.73 Å². The fourth-order valence-corrected chi connectivity index (χ4v) is 3.10. The smallest absolute Gasteiger partial charge is 0.0506 e. The first-order valence-corrected chi connectivity index (χ1v) is 6.88. The van der Waals surface area contributed by atoms with Gasteiger partial charge in [-0.25, -0.2) is 0 Å². The van der Waals surface area contributed by atoms with Crippen molar-refractivity contribution in [2.24, 2.45) is 17.6 Å². The summed E-state index contributed by atoms with van der Waals surface area (Å²) in [5.74, 6) is 1.63. The molecule has 0 aliphatic carbocycles. The van der Waals surface area contributed by atoms with Gasteiger partial charge in [-0.3, -0.25) is 0 Å². The van der Waals surface area contributed by atoms with Crippen LogP contribution in [0.2, 0.25) is 0 Å². The molecule has 2 aliphatic rings. The van der Waals surface area contributed by atoms with E-state index >= 15 is 0 Å². The molecule has 0 spiro atoms. The van der Waals surface area contributed by atoms with E-state index in [0.717, 1.165) is 31.6 Å². The highest BCUT2D eigenvalue weighted by Crippen LogP contribution is 2.22. The van der Waals surface area contributed by atoms with Crippen LogP contribution in [0.5, 0.6) is 0 Å². The third-order valence-electron chi connectivity index (χ3n) is 3.95. The fraction of sp³-hybridized carbons (Fsp3) is 1.00. The van der Waals surface area contributed by atoms with E-state index in [-0.39, 0.29) is 12.4 Å². The van der Waals surface area contributed by atoms with Gasteiger partial charge in [0, 0.05) is 19.7 Å². The number of nitrogens with two attached hydrogens (primary N) is 1. The number of piperidine rings is 1. The molecule has 2 aliphatic heterocycles. The summed E-state index contributed by atoms with van der Waals surface area (Å²) in [6.45, 7) is 6.63. The van der Waals surface area contributed by atoms with Crippen molar-refractivity contribution in [3.8, 4) is 0 Å². The van der Waals surface area contributed by atoms with Crippen LogP contribution in [0.4, 0.5) is 0 Å². The molecular formula is C13H27ClN2O. The van der Waals surface area contributed by atoms with Crippen LogP contribution in [0, 0.1) is 11.8 Å². The Morgan fingerprint density at radius 3 is 2.71 bits per heavy atom. The number of hydrogen-bond acceptors (Lipinski definition) is 3. The second-order valence-corrected chi connectivity index (χ2v) is 5.43. The highest BCUT2D eigenvalue weighted by molar-refractivity contribution is 5.85. The summed E-state index contributed by atoms with van der Waals surface area (Å²) >= 11 is 0. The van der Waals surface area contributed by atoms with E-state index in [1.165, 1.54) is 51.7 Å². The van der Waals surface area contributed by atoms with Crippen molar-refractivity contribution in [1.29, 1.82) is 0 Å². The lowest BCUT2D eigenvalue weighted by Crippen LogP contribution is -2.40. The van der Waals surface area contributed by atoms with Crippen molar-refractivity contribution in [2.75, 3.05) is 39.4 Å². The Labute approximate surface area is 111 Å². The van der Waals surface area contributed by atoms with Gasteiger partial charge in [-0.05, 0) is 57.0 Å². The van der Waals surface area contributed by atoms with E-state index < -0.39 is 0 Å². The minimum absolute atomic E-state index is 0. The topological polar surface area (TPSA) is 38.5 Å². The molecule has 4 heteroatoms. The summed E-state index contributed by atoms with van der Waals surface area (Å²) in [4.78, 5) is 2.64. The van der Waals surface area contributed by atoms with Crippen molar-refractivity contribution in [3.63, 3.8) is 0 Å². The summed E-state index contributed by atoms with van der Waals surface area (Å²) in [6.07, 6.45) is 6.56. The molecule has 0 bridgehead atoms. The van der Waals surface area contributed by atoms with Gasteiger partial charge >= 0.3 is 0 Å². The number of halogens is 1. The van der Waals surface area contributed by atoms with Gasteiger partial charge in [0.05, 0.1) is 6.61 Å². The largest absolute Gasteiger partial charge is 0.381 e. The predicted octanol–water partition coefficient (Wildman–Crippen LogP) is 1.90. The molecule has 2 atom stereocenters. The van der Waals surface area contributed by atoms with Gasteiger partial charge in [-0.2, -0.15) is 0 Å². The third-order valence-corrected chi connectivity index (χ3v) is 3.95. The maximum atomic E-state index is 5.65. The first-order chi connectivity index (χ1) is 7.88. The van der Waals surface area contributed by atoms with Crippen LogP contribution in [0.1, 0.15) is 32.1 Å². The van der Waals surface area contributed by atoms with Crippen LogP contribution in [0.25, 0.3) is 0 Å². The van der Waals surface area contributed by atoms with Gasteiger partial charge in [0.15, 0.2) is 0 Å². The number of nitrogens with zero attached hydrogens (tertiary/aromatic N) is 1. The van der Waals surface area contributed by atoms with Crippen molar-refractivity contribution >= 4 is 12.4 Å². The molecular weight excluding hydrogens is 236 g/mol. The zero-order valence-electron chi connectivity index (χ0n) is 10.8. The summed E-state index contributed by atoms with van der Waals surface area (Å²) in [5.41, 5.74) is 5.65. The predicted molar refractivity (Wildman–Crippen MR) is 73.6 cm³/mol. The molecule has 0 aromatic heterocycles. The van der Waals surface area contributed by atoms with E-state index in [1.807, 2.05) is 0 Å². The molecule has 2 rings (SSSR count). The van der Waals surface area contributed by atoms with Gasteiger partial charge in [-0.1, -0.05) is 0 Å². The Balaban J connectivity index is 0.00000144. The summed E-state index contributed by atoms with van der Waals surface area (Å²) < 4.78 is 5.55. The molecule has 2 heterocycles. The van der Waals surface area contributed by atoms with E-state index in [9.17, 15) is 0 Å². The second kappa shape index (κ2) is 8.30. The molecule has 3 nitrogen and oxygen atoms in total. The van der Waals surface area contributed by atoms with Crippen molar-refractivity contribution in [1.82, 2.24) is 4.90 Å². The van der Waals surface area contributed by atoms with Gasteiger partial charge in [0.2, 0.25) is 0 Å². The molecule has 0 amide bonds. The van der Waals surface area contributed by atoms with E-state index in [1.54, 1.807) is 0 Å². The van der Waals surface area contributed by atoms with Crippen LogP contribution in [0.3, 0.4) is 0 Å². The van der Waals surface area contributed by atoms with E-state index in [0.29, 0.717) is 0 Å². The minimum atomic E-state index is 0. The van der Waals surface area contributed by atoms with Gasteiger partial charge < -0.3 is 15.4 Å². The quantitative estimate of drug-likeness (QED) is 0.841. The average Bonchev–Trinajstić information content (AvgIpc) is 2.31. The SMILES string of the molecule is Cl.NCCC1CCCN(CC2CCCOC2)C1.